The molecule has 1 heterocycles. The molecule has 0 saturated carbocycles. The highest BCUT2D eigenvalue weighted by atomic mass is 16.5. The van der Waals surface area contributed by atoms with Crippen molar-refractivity contribution in [2.24, 2.45) is 0 Å². The molecule has 0 aliphatic carbocycles. The molecule has 0 radical (unpaired) electrons. The van der Waals surface area contributed by atoms with Crippen LogP contribution in [0, 0.1) is 0 Å². The molecule has 0 spiro atoms. The van der Waals surface area contributed by atoms with Crippen molar-refractivity contribution in [3.63, 3.8) is 0 Å². The number of hydrogen-bond donors (Lipinski definition) is 0. The first-order chi connectivity index (χ1) is 9.38. The summed E-state index contributed by atoms with van der Waals surface area (Å²) in [6.45, 7) is 3.65. The maximum atomic E-state index is 11.0. The zero-order chi connectivity index (χ0) is 15.1. The maximum absolute atomic E-state index is 11.0. The molecule has 0 aliphatic heterocycles. The quantitative estimate of drug-likeness (QED) is 0.747. The molecule has 0 aliphatic rings. The van der Waals surface area contributed by atoms with Crippen LogP contribution in [0.25, 0.3) is 0 Å². The van der Waals surface area contributed by atoms with Crippen LogP contribution in [0.3, 0.4) is 0 Å². The Hall–Kier alpha value is -2.44. The van der Waals surface area contributed by atoms with Crippen LogP contribution in [0.5, 0.6) is 5.75 Å². The summed E-state index contributed by atoms with van der Waals surface area (Å²) < 4.78 is 14.6. The highest BCUT2D eigenvalue weighted by Gasteiger charge is 2.11. The number of carbonyl (C=O) groups is 3. The molecule has 1 aromatic heterocycles. The monoisotopic (exact) mass is 281 g/mol. The van der Waals surface area contributed by atoms with Crippen LogP contribution in [0.4, 0.5) is 0 Å². The SMILES string of the molecule is CC(=O)OCc1ccc(OC(C)=O)c(COC(C)=O)n1. The van der Waals surface area contributed by atoms with Gasteiger partial charge in [-0.25, -0.2) is 4.98 Å². The highest BCUT2D eigenvalue weighted by molar-refractivity contribution is 5.70. The number of pyridine rings is 1. The smallest absolute Gasteiger partial charge is 0.308 e. The molecule has 7 nitrogen and oxygen atoms in total. The molecule has 0 atom stereocenters. The predicted octanol–water partition coefficient (Wildman–Crippen LogP) is 1.13. The van der Waals surface area contributed by atoms with Crippen LogP contribution < -0.4 is 4.74 Å². The minimum atomic E-state index is -0.511. The van der Waals surface area contributed by atoms with E-state index in [1.54, 1.807) is 6.07 Å². The summed E-state index contributed by atoms with van der Waals surface area (Å²) in [6.07, 6.45) is 0. The Morgan fingerprint density at radius 2 is 1.55 bits per heavy atom. The van der Waals surface area contributed by atoms with Crippen molar-refractivity contribution in [1.82, 2.24) is 4.98 Å². The highest BCUT2D eigenvalue weighted by Crippen LogP contribution is 2.19. The summed E-state index contributed by atoms with van der Waals surface area (Å²) in [6, 6.07) is 3.06. The molecule has 0 N–H and O–H groups in total. The maximum Gasteiger partial charge on any atom is 0.308 e. The first-order valence-electron chi connectivity index (χ1n) is 5.82. The van der Waals surface area contributed by atoms with Gasteiger partial charge in [-0.2, -0.15) is 0 Å². The number of hydrogen-bond acceptors (Lipinski definition) is 7. The predicted molar refractivity (Wildman–Crippen MR) is 66.5 cm³/mol. The van der Waals surface area contributed by atoms with Gasteiger partial charge in [0.1, 0.15) is 18.9 Å². The van der Waals surface area contributed by atoms with Gasteiger partial charge in [-0.1, -0.05) is 0 Å². The lowest BCUT2D eigenvalue weighted by atomic mass is 10.3. The fourth-order valence-corrected chi connectivity index (χ4v) is 1.31. The Kier molecular flexibility index (Phi) is 5.64. The van der Waals surface area contributed by atoms with Crippen molar-refractivity contribution in [2.45, 2.75) is 34.0 Å². The third-order valence-corrected chi connectivity index (χ3v) is 2.08. The van der Waals surface area contributed by atoms with Crippen molar-refractivity contribution < 1.29 is 28.6 Å². The van der Waals surface area contributed by atoms with Crippen LogP contribution >= 0.6 is 0 Å². The lowest BCUT2D eigenvalue weighted by Crippen LogP contribution is -2.10. The normalized spacial score (nSPS) is 9.75. The first kappa shape index (κ1) is 15.6. The van der Waals surface area contributed by atoms with E-state index in [2.05, 4.69) is 4.98 Å². The number of nitrogens with zero attached hydrogens (tertiary/aromatic N) is 1. The molecule has 0 aromatic carbocycles. The molecule has 0 unspecified atom stereocenters. The lowest BCUT2D eigenvalue weighted by Gasteiger charge is -2.10. The minimum absolute atomic E-state index is 0.0112. The van der Waals surface area contributed by atoms with E-state index in [1.807, 2.05) is 0 Å². The van der Waals surface area contributed by atoms with Crippen molar-refractivity contribution >= 4 is 17.9 Å². The standard InChI is InChI=1S/C13H15NO6/c1-8(15)18-6-11-4-5-13(20-10(3)17)12(14-11)7-19-9(2)16/h4-5H,6-7H2,1-3H3. The Morgan fingerprint density at radius 3 is 2.10 bits per heavy atom. The number of esters is 3. The third-order valence-electron chi connectivity index (χ3n) is 2.08. The van der Waals surface area contributed by atoms with Crippen LogP contribution in [0.2, 0.25) is 0 Å². The molecular formula is C13H15NO6. The summed E-state index contributed by atoms with van der Waals surface area (Å²) in [5.41, 5.74) is 0.735. The van der Waals surface area contributed by atoms with E-state index < -0.39 is 17.9 Å². The van der Waals surface area contributed by atoms with Crippen LogP contribution in [-0.2, 0) is 37.1 Å². The number of ether oxygens (including phenoxy) is 3. The average molecular weight is 281 g/mol. The fourth-order valence-electron chi connectivity index (χ4n) is 1.31. The summed E-state index contributed by atoms with van der Waals surface area (Å²) in [5, 5.41) is 0. The third kappa shape index (κ3) is 5.47. The molecule has 108 valence electrons. The zero-order valence-corrected chi connectivity index (χ0v) is 11.5. The van der Waals surface area contributed by atoms with Gasteiger partial charge in [-0.15, -0.1) is 0 Å². The van der Waals surface area contributed by atoms with E-state index >= 15 is 0 Å². The molecule has 20 heavy (non-hydrogen) atoms. The molecular weight excluding hydrogens is 266 g/mol. The van der Waals surface area contributed by atoms with Gasteiger partial charge in [0.05, 0.1) is 5.69 Å². The average Bonchev–Trinajstić information content (AvgIpc) is 2.35. The van der Waals surface area contributed by atoms with Crippen LogP contribution in [0.15, 0.2) is 12.1 Å². The number of rotatable bonds is 5. The van der Waals surface area contributed by atoms with Gasteiger partial charge < -0.3 is 14.2 Å². The van der Waals surface area contributed by atoms with Crippen molar-refractivity contribution in [3.8, 4) is 5.75 Å². The molecule has 0 fully saturated rings. The number of aromatic nitrogens is 1. The van der Waals surface area contributed by atoms with Crippen LogP contribution in [-0.4, -0.2) is 22.9 Å². The Balaban J connectivity index is 2.91. The van der Waals surface area contributed by atoms with Gasteiger partial charge in [0.2, 0.25) is 0 Å². The van der Waals surface area contributed by atoms with E-state index in [4.69, 9.17) is 14.2 Å². The molecule has 7 heteroatoms. The lowest BCUT2D eigenvalue weighted by molar-refractivity contribution is -0.143. The van der Waals surface area contributed by atoms with Crippen molar-refractivity contribution in [3.05, 3.63) is 23.5 Å². The van der Waals surface area contributed by atoms with Gasteiger partial charge in [0.25, 0.3) is 0 Å². The van der Waals surface area contributed by atoms with E-state index in [0.717, 1.165) is 0 Å². The van der Waals surface area contributed by atoms with E-state index in [0.29, 0.717) is 5.69 Å². The second-order valence-electron chi connectivity index (χ2n) is 3.90. The van der Waals surface area contributed by atoms with Crippen LogP contribution in [0.1, 0.15) is 32.2 Å². The van der Waals surface area contributed by atoms with Crippen molar-refractivity contribution in [1.29, 1.82) is 0 Å². The summed E-state index contributed by atoms with van der Waals surface area (Å²) >= 11 is 0. The second kappa shape index (κ2) is 7.22. The first-order valence-corrected chi connectivity index (χ1v) is 5.82. The van der Waals surface area contributed by atoms with Gasteiger partial charge in [-0.05, 0) is 12.1 Å². The Morgan fingerprint density at radius 1 is 0.950 bits per heavy atom. The minimum Gasteiger partial charge on any atom is -0.459 e. The van der Waals surface area contributed by atoms with E-state index in [1.165, 1.54) is 26.8 Å². The molecule has 1 aromatic rings. The topological polar surface area (TPSA) is 91.8 Å². The van der Waals surface area contributed by atoms with Gasteiger partial charge in [-0.3, -0.25) is 14.4 Å². The second-order valence-corrected chi connectivity index (χ2v) is 3.90. The van der Waals surface area contributed by atoms with Gasteiger partial charge in [0.15, 0.2) is 5.75 Å². The number of carbonyl (C=O) groups excluding carboxylic acids is 3. The van der Waals surface area contributed by atoms with Gasteiger partial charge >= 0.3 is 17.9 Å². The molecule has 0 amide bonds. The molecule has 0 saturated heterocycles. The zero-order valence-electron chi connectivity index (χ0n) is 11.5. The fraction of sp³-hybridized carbons (Fsp3) is 0.385. The summed E-state index contributed by atoms with van der Waals surface area (Å²) in [7, 11) is 0. The Bertz CT molecular complexity index is 526. The summed E-state index contributed by atoms with van der Waals surface area (Å²) in [4.78, 5) is 36.7. The largest absolute Gasteiger partial charge is 0.459 e. The van der Waals surface area contributed by atoms with E-state index in [9.17, 15) is 14.4 Å². The van der Waals surface area contributed by atoms with E-state index in [-0.39, 0.29) is 24.7 Å². The molecule has 0 bridgehead atoms. The Labute approximate surface area is 115 Å². The van der Waals surface area contributed by atoms with Gasteiger partial charge in [0, 0.05) is 20.8 Å². The summed E-state index contributed by atoms with van der Waals surface area (Å²) in [5.74, 6) is -1.22. The molecule has 1 rings (SSSR count). The van der Waals surface area contributed by atoms with Crippen molar-refractivity contribution in [2.75, 3.05) is 0 Å².